The molecule has 0 fully saturated rings. The van der Waals surface area contributed by atoms with Crippen LogP contribution in [-0.2, 0) is 4.79 Å². The van der Waals surface area contributed by atoms with Crippen molar-refractivity contribution in [3.63, 3.8) is 0 Å². The van der Waals surface area contributed by atoms with Crippen molar-refractivity contribution >= 4 is 17.6 Å². The first-order valence-electron chi connectivity index (χ1n) is 6.46. The monoisotopic (exact) mass is 303 g/mol. The molecule has 0 saturated heterocycles. The molecule has 1 aromatic carbocycles. The summed E-state index contributed by atoms with van der Waals surface area (Å²) in [5.74, 6) is -1.17. The average molecular weight is 303 g/mol. The number of aromatic nitrogens is 1. The molecule has 1 heterocycles. The third-order valence-electron chi connectivity index (χ3n) is 2.75. The molecular formula is C15H14FN3O3. The molecule has 114 valence electrons. The van der Waals surface area contributed by atoms with Crippen LogP contribution in [0.4, 0.5) is 10.2 Å². The number of hydrogen-bond acceptors (Lipinski definition) is 4. The zero-order valence-corrected chi connectivity index (χ0v) is 11.7. The van der Waals surface area contributed by atoms with Gasteiger partial charge in [0.2, 0.25) is 5.91 Å². The Kier molecular flexibility index (Phi) is 5.02. The number of carbonyl (C=O) groups excluding carboxylic acids is 2. The van der Waals surface area contributed by atoms with Crippen molar-refractivity contribution in [2.75, 3.05) is 18.4 Å². The van der Waals surface area contributed by atoms with Gasteiger partial charge < -0.3 is 14.7 Å². The number of anilines is 1. The second-order valence-electron chi connectivity index (χ2n) is 4.42. The summed E-state index contributed by atoms with van der Waals surface area (Å²) in [6.07, 6.45) is 2.80. The largest absolute Gasteiger partial charge is 0.363 e. The summed E-state index contributed by atoms with van der Waals surface area (Å²) in [6, 6.07) is 6.76. The summed E-state index contributed by atoms with van der Waals surface area (Å²) >= 11 is 0. The molecule has 2 amide bonds. The lowest BCUT2D eigenvalue weighted by atomic mass is 10.2. The number of carbonyl (C=O) groups is 2. The van der Waals surface area contributed by atoms with E-state index >= 15 is 0 Å². The van der Waals surface area contributed by atoms with Gasteiger partial charge in [0.1, 0.15) is 18.6 Å². The Morgan fingerprint density at radius 3 is 2.86 bits per heavy atom. The maximum atomic E-state index is 13.2. The average Bonchev–Trinajstić information content (AvgIpc) is 2.99. The molecule has 7 heteroatoms. The quantitative estimate of drug-likeness (QED) is 0.829. The smallest absolute Gasteiger partial charge is 0.254 e. The number of halogens is 1. The van der Waals surface area contributed by atoms with E-state index in [1.54, 1.807) is 0 Å². The Bertz CT molecular complexity index is 670. The summed E-state index contributed by atoms with van der Waals surface area (Å²) in [6.45, 7) is 3.49. The highest BCUT2D eigenvalue weighted by molar-refractivity contribution is 5.99. The van der Waals surface area contributed by atoms with E-state index in [9.17, 15) is 14.0 Å². The Balaban J connectivity index is 2.07. The van der Waals surface area contributed by atoms with Gasteiger partial charge in [-0.2, -0.15) is 0 Å². The molecule has 2 rings (SSSR count). The predicted octanol–water partition coefficient (Wildman–Crippen LogP) is 2.08. The molecule has 1 aromatic heterocycles. The van der Waals surface area contributed by atoms with Crippen LogP contribution in [-0.4, -0.2) is 35.0 Å². The minimum Gasteiger partial charge on any atom is -0.363 e. The van der Waals surface area contributed by atoms with Crippen molar-refractivity contribution in [3.8, 4) is 0 Å². The summed E-state index contributed by atoms with van der Waals surface area (Å²) in [5, 5.41) is 6.03. The molecular weight excluding hydrogens is 289 g/mol. The Morgan fingerprint density at radius 2 is 2.23 bits per heavy atom. The number of amides is 2. The fraction of sp³-hybridized carbons (Fsp3) is 0.133. The van der Waals surface area contributed by atoms with Gasteiger partial charge in [-0.25, -0.2) is 4.39 Å². The van der Waals surface area contributed by atoms with Gasteiger partial charge in [-0.05, 0) is 18.2 Å². The van der Waals surface area contributed by atoms with Crippen LogP contribution in [0.25, 0.3) is 0 Å². The minimum atomic E-state index is -0.517. The highest BCUT2D eigenvalue weighted by Gasteiger charge is 2.18. The first-order chi connectivity index (χ1) is 10.6. The molecule has 2 aromatic rings. The topological polar surface area (TPSA) is 75.4 Å². The van der Waals surface area contributed by atoms with Crippen LogP contribution in [0.1, 0.15) is 10.4 Å². The lowest BCUT2D eigenvalue weighted by Gasteiger charge is -2.20. The highest BCUT2D eigenvalue weighted by Crippen LogP contribution is 2.08. The molecule has 0 unspecified atom stereocenters. The number of nitrogens with zero attached hydrogens (tertiary/aromatic N) is 2. The normalized spacial score (nSPS) is 10.0. The van der Waals surface area contributed by atoms with Crippen LogP contribution >= 0.6 is 0 Å². The molecule has 1 N–H and O–H groups in total. The number of rotatable bonds is 6. The fourth-order valence-corrected chi connectivity index (χ4v) is 1.81. The van der Waals surface area contributed by atoms with Gasteiger partial charge >= 0.3 is 0 Å². The molecule has 0 radical (unpaired) electrons. The van der Waals surface area contributed by atoms with E-state index in [1.807, 2.05) is 0 Å². The van der Waals surface area contributed by atoms with Gasteiger partial charge in [-0.3, -0.25) is 9.59 Å². The minimum absolute atomic E-state index is 0.154. The maximum absolute atomic E-state index is 13.2. The van der Waals surface area contributed by atoms with E-state index in [2.05, 4.69) is 21.6 Å². The summed E-state index contributed by atoms with van der Waals surface area (Å²) in [7, 11) is 0. The van der Waals surface area contributed by atoms with Gasteiger partial charge in [0.05, 0.1) is 0 Å². The van der Waals surface area contributed by atoms with Crippen LogP contribution in [0.2, 0.25) is 0 Å². The van der Waals surface area contributed by atoms with E-state index in [4.69, 9.17) is 0 Å². The molecule has 0 aliphatic heterocycles. The molecule has 0 aliphatic rings. The third-order valence-corrected chi connectivity index (χ3v) is 2.75. The zero-order valence-electron chi connectivity index (χ0n) is 11.7. The van der Waals surface area contributed by atoms with Gasteiger partial charge in [0.25, 0.3) is 5.91 Å². The van der Waals surface area contributed by atoms with E-state index in [0.717, 1.165) is 6.07 Å². The molecule has 0 atom stereocenters. The number of hydrogen-bond donors (Lipinski definition) is 1. The first kappa shape index (κ1) is 15.4. The Hall–Kier alpha value is -2.96. The van der Waals surface area contributed by atoms with Crippen molar-refractivity contribution < 1.29 is 18.5 Å². The fourth-order valence-electron chi connectivity index (χ4n) is 1.81. The van der Waals surface area contributed by atoms with Crippen molar-refractivity contribution in [1.82, 2.24) is 10.1 Å². The van der Waals surface area contributed by atoms with Gasteiger partial charge in [-0.15, -0.1) is 6.58 Å². The van der Waals surface area contributed by atoms with E-state index < -0.39 is 17.6 Å². The van der Waals surface area contributed by atoms with Crippen molar-refractivity contribution in [3.05, 3.63) is 60.6 Å². The first-order valence-corrected chi connectivity index (χ1v) is 6.46. The molecule has 0 spiro atoms. The van der Waals surface area contributed by atoms with E-state index in [0.29, 0.717) is 0 Å². The SMILES string of the molecule is C=CCN(CC(=O)Nc1ccon1)C(=O)c1cccc(F)c1. The second-order valence-corrected chi connectivity index (χ2v) is 4.42. The number of nitrogens with one attached hydrogen (secondary N) is 1. The zero-order chi connectivity index (χ0) is 15.9. The van der Waals surface area contributed by atoms with Crippen LogP contribution < -0.4 is 5.32 Å². The lowest BCUT2D eigenvalue weighted by Crippen LogP contribution is -2.38. The van der Waals surface area contributed by atoms with Crippen LogP contribution in [0.5, 0.6) is 0 Å². The van der Waals surface area contributed by atoms with Gasteiger partial charge in [0, 0.05) is 18.2 Å². The predicted molar refractivity (Wildman–Crippen MR) is 77.6 cm³/mol. The molecule has 0 aliphatic carbocycles. The molecule has 22 heavy (non-hydrogen) atoms. The highest BCUT2D eigenvalue weighted by atomic mass is 19.1. The van der Waals surface area contributed by atoms with Crippen molar-refractivity contribution in [1.29, 1.82) is 0 Å². The van der Waals surface area contributed by atoms with Crippen molar-refractivity contribution in [2.45, 2.75) is 0 Å². The molecule has 0 saturated carbocycles. The lowest BCUT2D eigenvalue weighted by molar-refractivity contribution is -0.116. The summed E-state index contributed by atoms with van der Waals surface area (Å²) in [4.78, 5) is 25.5. The second kappa shape index (κ2) is 7.16. The maximum Gasteiger partial charge on any atom is 0.254 e. The van der Waals surface area contributed by atoms with Crippen LogP contribution in [0.3, 0.4) is 0 Å². The molecule has 6 nitrogen and oxygen atoms in total. The van der Waals surface area contributed by atoms with E-state index in [-0.39, 0.29) is 24.5 Å². The Labute approximate surface area is 126 Å². The third kappa shape index (κ3) is 4.02. The Morgan fingerprint density at radius 1 is 1.41 bits per heavy atom. The summed E-state index contributed by atoms with van der Waals surface area (Å²) in [5.41, 5.74) is 0.163. The van der Waals surface area contributed by atoms with Gasteiger partial charge in [0.15, 0.2) is 5.82 Å². The summed E-state index contributed by atoms with van der Waals surface area (Å²) < 4.78 is 17.8. The number of benzene rings is 1. The van der Waals surface area contributed by atoms with E-state index in [1.165, 1.54) is 41.5 Å². The van der Waals surface area contributed by atoms with Gasteiger partial charge in [-0.1, -0.05) is 17.3 Å². The standard InChI is InChI=1S/C15H14FN3O3/c1-2-7-19(10-14(20)17-13-6-8-22-18-13)15(21)11-4-3-5-12(16)9-11/h2-6,8-9H,1,7,10H2,(H,17,18,20). The van der Waals surface area contributed by atoms with Crippen molar-refractivity contribution in [2.24, 2.45) is 0 Å². The molecule has 0 bridgehead atoms. The van der Waals surface area contributed by atoms with Crippen LogP contribution in [0.15, 0.2) is 53.8 Å². The van der Waals surface area contributed by atoms with Crippen LogP contribution in [0, 0.1) is 5.82 Å².